The van der Waals surface area contributed by atoms with Crippen molar-refractivity contribution in [2.45, 2.75) is 116 Å². The molecule has 164 valence electrons. The van der Waals surface area contributed by atoms with Gasteiger partial charge in [0.15, 0.2) is 0 Å². The third kappa shape index (κ3) is 13.1. The van der Waals surface area contributed by atoms with Crippen LogP contribution < -0.4 is 0 Å². The van der Waals surface area contributed by atoms with Crippen LogP contribution in [0, 0.1) is 22.9 Å². The Hall–Kier alpha value is -2.20. The highest BCUT2D eigenvalue weighted by atomic mass is 14.8. The molecule has 1 aliphatic carbocycles. The van der Waals surface area contributed by atoms with Gasteiger partial charge in [-0.1, -0.05) is 103 Å². The molecular weight excluding hydrogens is 368 g/mol. The predicted octanol–water partition coefficient (Wildman–Crippen LogP) is 7.98. The number of aliphatic imine (C=N–C) groups is 2. The van der Waals surface area contributed by atoms with E-state index >= 15 is 0 Å². The van der Waals surface area contributed by atoms with Crippen LogP contribution in [0.5, 0.6) is 0 Å². The average molecular weight is 409 g/mol. The molecule has 0 N–H and O–H groups in total. The second-order valence-corrected chi connectivity index (χ2v) is 8.29. The summed E-state index contributed by atoms with van der Waals surface area (Å²) in [5.74, 6) is 0. The fraction of sp³-hybridized carbons (Fsp3) is 0.692. The van der Waals surface area contributed by atoms with Crippen molar-refractivity contribution < 1.29 is 0 Å². The topological polar surface area (TPSA) is 72.3 Å². The van der Waals surface area contributed by atoms with E-state index in [4.69, 9.17) is 10.5 Å². The number of allylic oxidation sites excluding steroid dienone is 4. The van der Waals surface area contributed by atoms with Gasteiger partial charge in [-0.05, 0) is 36.6 Å². The van der Waals surface area contributed by atoms with Crippen molar-refractivity contribution in [3.05, 3.63) is 23.8 Å². The van der Waals surface area contributed by atoms with Gasteiger partial charge >= 0.3 is 0 Å². The van der Waals surface area contributed by atoms with E-state index in [1.807, 2.05) is 18.5 Å². The van der Waals surface area contributed by atoms with Gasteiger partial charge in [0.2, 0.25) is 12.4 Å². The maximum absolute atomic E-state index is 8.84. The van der Waals surface area contributed by atoms with Crippen molar-refractivity contribution >= 4 is 11.4 Å². The first-order valence-electron chi connectivity index (χ1n) is 12.1. The lowest BCUT2D eigenvalue weighted by Crippen LogP contribution is -2.08. The summed E-state index contributed by atoms with van der Waals surface area (Å²) in [4.78, 5) is 7.65. The summed E-state index contributed by atoms with van der Waals surface area (Å²) in [6.45, 7) is 2.28. The second kappa shape index (κ2) is 18.8. The maximum Gasteiger partial charge on any atom is 0.206 e. The molecule has 1 rings (SSSR count). The third-order valence-electron chi connectivity index (χ3n) is 5.71. The Bertz CT molecular complexity index is 656. The smallest absolute Gasteiger partial charge is 0.174 e. The lowest BCUT2D eigenvalue weighted by Gasteiger charge is -2.10. The maximum atomic E-state index is 8.84. The Balaban J connectivity index is 1.99. The summed E-state index contributed by atoms with van der Waals surface area (Å²) in [5.41, 5.74) is 2.36. The van der Waals surface area contributed by atoms with Crippen LogP contribution in [0.4, 0.5) is 0 Å². The number of hydrogen-bond acceptors (Lipinski definition) is 4. The molecule has 1 aliphatic rings. The van der Waals surface area contributed by atoms with Gasteiger partial charge in [-0.2, -0.15) is 20.5 Å². The fourth-order valence-corrected chi connectivity index (χ4v) is 3.93. The van der Waals surface area contributed by atoms with Gasteiger partial charge in [0.05, 0.1) is 11.4 Å². The fourth-order valence-electron chi connectivity index (χ4n) is 3.93. The summed E-state index contributed by atoms with van der Waals surface area (Å²) in [6.07, 6.45) is 31.7. The van der Waals surface area contributed by atoms with Crippen LogP contribution in [0.2, 0.25) is 0 Å². The lowest BCUT2D eigenvalue weighted by atomic mass is 9.96. The zero-order valence-electron chi connectivity index (χ0n) is 19.0. The Labute approximate surface area is 184 Å². The van der Waals surface area contributed by atoms with Gasteiger partial charge in [0, 0.05) is 0 Å². The first kappa shape index (κ1) is 25.8. The second-order valence-electron chi connectivity index (χ2n) is 8.29. The Morgan fingerprint density at radius 3 is 1.57 bits per heavy atom. The molecule has 0 aromatic heterocycles. The van der Waals surface area contributed by atoms with E-state index < -0.39 is 0 Å². The molecule has 0 fully saturated rings. The Morgan fingerprint density at radius 1 is 0.633 bits per heavy atom. The van der Waals surface area contributed by atoms with Crippen LogP contribution in [-0.2, 0) is 0 Å². The number of nitrogens with zero attached hydrogens (tertiary/aromatic N) is 4. The molecule has 4 heteroatoms. The Kier molecular flexibility index (Phi) is 16.2. The highest BCUT2D eigenvalue weighted by Gasteiger charge is 2.10. The minimum Gasteiger partial charge on any atom is -0.174 e. The molecule has 0 heterocycles. The summed E-state index contributed by atoms with van der Waals surface area (Å²) in [7, 11) is 0. The minimum absolute atomic E-state index is 0.640. The largest absolute Gasteiger partial charge is 0.206 e. The first-order chi connectivity index (χ1) is 14.8. The van der Waals surface area contributed by atoms with Gasteiger partial charge in [-0.15, -0.1) is 0 Å². The predicted molar refractivity (Wildman–Crippen MR) is 127 cm³/mol. The van der Waals surface area contributed by atoms with Gasteiger partial charge < -0.3 is 0 Å². The zero-order valence-corrected chi connectivity index (χ0v) is 19.0. The molecule has 4 nitrogen and oxygen atoms in total. The zero-order chi connectivity index (χ0) is 21.7. The summed E-state index contributed by atoms with van der Waals surface area (Å²) >= 11 is 0. The average Bonchev–Trinajstić information content (AvgIpc) is 2.75. The Morgan fingerprint density at radius 2 is 1.10 bits per heavy atom. The first-order valence-corrected chi connectivity index (χ1v) is 12.1. The monoisotopic (exact) mass is 408 g/mol. The standard InChI is InChI=1S/C26H40N4/c1-2-3-4-5-6-7-8-9-10-11-12-13-14-15-16-17-18-24-21-25(29-22-27)19-20-26(24)30-23-28/h19-21H,2-18H2,1H3. The van der Waals surface area contributed by atoms with Crippen LogP contribution >= 0.6 is 0 Å². The van der Waals surface area contributed by atoms with Crippen molar-refractivity contribution in [3.8, 4) is 12.4 Å². The molecule has 0 spiro atoms. The molecule has 0 unspecified atom stereocenters. The number of unbranched alkanes of at least 4 members (excludes halogenated alkanes) is 15. The van der Waals surface area contributed by atoms with E-state index in [-0.39, 0.29) is 0 Å². The molecule has 0 atom stereocenters. The van der Waals surface area contributed by atoms with E-state index in [0.717, 1.165) is 18.4 Å². The highest BCUT2D eigenvalue weighted by molar-refractivity contribution is 6.21. The molecule has 0 saturated heterocycles. The minimum atomic E-state index is 0.640. The number of rotatable bonds is 17. The molecule has 0 aromatic rings. The molecule has 0 radical (unpaired) electrons. The molecule has 30 heavy (non-hydrogen) atoms. The molecule has 0 amide bonds. The van der Waals surface area contributed by atoms with Gasteiger partial charge in [0.25, 0.3) is 0 Å². The van der Waals surface area contributed by atoms with Crippen LogP contribution in [0.3, 0.4) is 0 Å². The lowest BCUT2D eigenvalue weighted by molar-refractivity contribution is 0.530. The van der Waals surface area contributed by atoms with Gasteiger partial charge in [-0.25, -0.2) is 0 Å². The highest BCUT2D eigenvalue weighted by Crippen LogP contribution is 2.18. The normalized spacial score (nSPS) is 15.9. The molecule has 0 aromatic carbocycles. The van der Waals surface area contributed by atoms with Crippen LogP contribution in [-0.4, -0.2) is 11.4 Å². The summed E-state index contributed by atoms with van der Waals surface area (Å²) in [5, 5.41) is 17.6. The summed E-state index contributed by atoms with van der Waals surface area (Å²) in [6, 6.07) is 0. The molecular formula is C26H40N4. The molecule has 0 saturated carbocycles. The van der Waals surface area contributed by atoms with Crippen molar-refractivity contribution in [1.82, 2.24) is 0 Å². The van der Waals surface area contributed by atoms with E-state index in [1.54, 1.807) is 12.2 Å². The van der Waals surface area contributed by atoms with Crippen molar-refractivity contribution in [1.29, 1.82) is 10.5 Å². The van der Waals surface area contributed by atoms with Crippen LogP contribution in [0.15, 0.2) is 33.8 Å². The SMILES string of the molecule is CCCCCCCCCCCCCCCCCCC1=CC(=NC#N)C=CC1=NC#N. The number of nitriles is 2. The third-order valence-corrected chi connectivity index (χ3v) is 5.71. The quantitative estimate of drug-likeness (QED) is 0.139. The molecule has 0 aliphatic heterocycles. The van der Waals surface area contributed by atoms with Crippen molar-refractivity contribution in [2.24, 2.45) is 9.98 Å². The summed E-state index contributed by atoms with van der Waals surface area (Å²) < 4.78 is 0. The number of hydrogen-bond donors (Lipinski definition) is 0. The van der Waals surface area contributed by atoms with E-state index in [9.17, 15) is 0 Å². The van der Waals surface area contributed by atoms with E-state index in [2.05, 4.69) is 16.9 Å². The van der Waals surface area contributed by atoms with Crippen molar-refractivity contribution in [3.63, 3.8) is 0 Å². The van der Waals surface area contributed by atoms with Gasteiger partial charge in [-0.3, -0.25) is 0 Å². The van der Waals surface area contributed by atoms with Crippen LogP contribution in [0.25, 0.3) is 0 Å². The van der Waals surface area contributed by atoms with Gasteiger partial charge in [0.1, 0.15) is 0 Å². The van der Waals surface area contributed by atoms with Crippen molar-refractivity contribution in [2.75, 3.05) is 0 Å². The molecule has 0 bridgehead atoms. The van der Waals surface area contributed by atoms with E-state index in [1.165, 1.54) is 96.3 Å². The van der Waals surface area contributed by atoms with E-state index in [0.29, 0.717) is 11.4 Å². The van der Waals surface area contributed by atoms with Crippen LogP contribution in [0.1, 0.15) is 116 Å².